The average molecular weight is 213 g/mol. The van der Waals surface area contributed by atoms with Crippen molar-refractivity contribution in [3.63, 3.8) is 0 Å². The highest BCUT2D eigenvalue weighted by atomic mass is 32.1. The maximum Gasteiger partial charge on any atom is 0.184 e. The molecule has 5 heteroatoms. The molecule has 0 saturated heterocycles. The normalized spacial score (nSPS) is 11.3. The zero-order chi connectivity index (χ0) is 9.68. The van der Waals surface area contributed by atoms with Crippen molar-refractivity contribution >= 4 is 34.4 Å². The fourth-order valence-electron chi connectivity index (χ4n) is 0.899. The first kappa shape index (κ1) is 10.1. The lowest BCUT2D eigenvalue weighted by atomic mass is 10.2. The van der Waals surface area contributed by atoms with Gasteiger partial charge in [-0.2, -0.15) is 16.4 Å². The molecule has 0 spiro atoms. The minimum Gasteiger partial charge on any atom is -0.375 e. The van der Waals surface area contributed by atoms with E-state index >= 15 is 0 Å². The lowest BCUT2D eigenvalue weighted by Crippen LogP contribution is -2.25. The molecule has 0 fully saturated rings. The van der Waals surface area contributed by atoms with Gasteiger partial charge in [-0.1, -0.05) is 6.92 Å². The first-order valence-electron chi connectivity index (χ1n) is 3.88. The molecule has 0 aliphatic carbocycles. The highest BCUT2D eigenvalue weighted by Crippen LogP contribution is 2.08. The highest BCUT2D eigenvalue weighted by Gasteiger charge is 2.00. The zero-order valence-corrected chi connectivity index (χ0v) is 8.91. The van der Waals surface area contributed by atoms with E-state index in [0.29, 0.717) is 0 Å². The topological polar surface area (TPSA) is 50.4 Å². The fraction of sp³-hybridized carbons (Fsp3) is 0.250. The summed E-state index contributed by atoms with van der Waals surface area (Å²) in [4.78, 5) is 0. The molecule has 13 heavy (non-hydrogen) atoms. The van der Waals surface area contributed by atoms with Crippen LogP contribution in [0.25, 0.3) is 0 Å². The Morgan fingerprint density at radius 3 is 3.00 bits per heavy atom. The molecule has 1 rings (SSSR count). The molecule has 0 saturated carbocycles. The second kappa shape index (κ2) is 4.94. The van der Waals surface area contributed by atoms with Crippen molar-refractivity contribution in [1.29, 1.82) is 0 Å². The average Bonchev–Trinajstić information content (AvgIpc) is 2.58. The Kier molecular flexibility index (Phi) is 3.85. The first-order valence-corrected chi connectivity index (χ1v) is 5.23. The van der Waals surface area contributed by atoms with Crippen LogP contribution in [0.3, 0.4) is 0 Å². The van der Waals surface area contributed by atoms with Crippen molar-refractivity contribution in [2.24, 2.45) is 10.8 Å². The summed E-state index contributed by atoms with van der Waals surface area (Å²) >= 11 is 6.30. The molecule has 1 aromatic rings. The van der Waals surface area contributed by atoms with Crippen molar-refractivity contribution in [3.05, 3.63) is 22.4 Å². The van der Waals surface area contributed by atoms with Gasteiger partial charge in [-0.25, -0.2) is 0 Å². The predicted octanol–water partition coefficient (Wildman–Crippen LogP) is 1.70. The van der Waals surface area contributed by atoms with Gasteiger partial charge in [-0.15, -0.1) is 0 Å². The van der Waals surface area contributed by atoms with Crippen LogP contribution in [0.15, 0.2) is 21.9 Å². The summed E-state index contributed by atoms with van der Waals surface area (Å²) < 4.78 is 0. The molecule has 1 aromatic heterocycles. The fourth-order valence-corrected chi connectivity index (χ4v) is 1.61. The van der Waals surface area contributed by atoms with Gasteiger partial charge in [0.2, 0.25) is 0 Å². The lowest BCUT2D eigenvalue weighted by Gasteiger charge is -2.01. The minimum absolute atomic E-state index is 0.196. The number of nitrogens with one attached hydrogen (secondary N) is 1. The largest absolute Gasteiger partial charge is 0.375 e. The van der Waals surface area contributed by atoms with E-state index in [1.165, 1.54) is 0 Å². The van der Waals surface area contributed by atoms with Crippen molar-refractivity contribution in [3.8, 4) is 0 Å². The molecule has 0 radical (unpaired) electrons. The SMILES string of the molecule is CCC(=NNC(N)=S)c1ccsc1. The first-order chi connectivity index (χ1) is 6.24. The summed E-state index contributed by atoms with van der Waals surface area (Å²) in [6.45, 7) is 2.04. The van der Waals surface area contributed by atoms with Gasteiger partial charge in [-0.05, 0) is 35.5 Å². The summed E-state index contributed by atoms with van der Waals surface area (Å²) in [5, 5.41) is 8.35. The van der Waals surface area contributed by atoms with Crippen LogP contribution in [0, 0.1) is 0 Å². The van der Waals surface area contributed by atoms with E-state index in [1.54, 1.807) is 11.3 Å². The van der Waals surface area contributed by atoms with Gasteiger partial charge in [0, 0.05) is 5.56 Å². The number of thiophene rings is 1. The molecule has 0 atom stereocenters. The molecular weight excluding hydrogens is 202 g/mol. The number of thiocarbonyl (C=S) groups is 1. The third kappa shape index (κ3) is 3.12. The molecule has 0 unspecified atom stereocenters. The molecular formula is C8H11N3S2. The van der Waals surface area contributed by atoms with Crippen LogP contribution in [0.2, 0.25) is 0 Å². The Morgan fingerprint density at radius 1 is 1.77 bits per heavy atom. The van der Waals surface area contributed by atoms with E-state index in [4.69, 9.17) is 5.73 Å². The molecule has 0 aromatic carbocycles. The van der Waals surface area contributed by atoms with E-state index in [9.17, 15) is 0 Å². The van der Waals surface area contributed by atoms with Crippen LogP contribution >= 0.6 is 23.6 Å². The van der Waals surface area contributed by atoms with Gasteiger partial charge in [0.1, 0.15) is 0 Å². The number of hydrogen-bond acceptors (Lipinski definition) is 3. The van der Waals surface area contributed by atoms with Crippen LogP contribution in [-0.2, 0) is 0 Å². The van der Waals surface area contributed by atoms with E-state index in [1.807, 2.05) is 23.8 Å². The monoisotopic (exact) mass is 213 g/mol. The smallest absolute Gasteiger partial charge is 0.184 e. The molecule has 70 valence electrons. The number of hydrogen-bond donors (Lipinski definition) is 2. The van der Waals surface area contributed by atoms with Gasteiger partial charge in [0.05, 0.1) is 5.71 Å². The van der Waals surface area contributed by atoms with Crippen LogP contribution in [0.1, 0.15) is 18.9 Å². The Balaban J connectivity index is 2.73. The second-order valence-corrected chi connectivity index (χ2v) is 3.62. The maximum absolute atomic E-state index is 5.26. The van der Waals surface area contributed by atoms with Gasteiger partial charge >= 0.3 is 0 Å². The molecule has 0 aliphatic heterocycles. The Morgan fingerprint density at radius 2 is 2.54 bits per heavy atom. The summed E-state index contributed by atoms with van der Waals surface area (Å²) in [7, 11) is 0. The molecule has 1 heterocycles. The number of nitrogens with zero attached hydrogens (tertiary/aromatic N) is 1. The molecule has 0 amide bonds. The minimum atomic E-state index is 0.196. The van der Waals surface area contributed by atoms with Crippen molar-refractivity contribution in [2.75, 3.05) is 0 Å². The van der Waals surface area contributed by atoms with Crippen LogP contribution in [-0.4, -0.2) is 10.8 Å². The standard InChI is InChI=1S/C8H11N3S2/c1-2-7(10-11-8(9)12)6-3-4-13-5-6/h3-5H,2H2,1H3,(H3,9,11,12). The van der Waals surface area contributed by atoms with E-state index in [-0.39, 0.29) is 5.11 Å². The Bertz CT molecular complexity index is 303. The van der Waals surface area contributed by atoms with Gasteiger partial charge in [0.25, 0.3) is 0 Å². The van der Waals surface area contributed by atoms with Crippen molar-refractivity contribution in [2.45, 2.75) is 13.3 Å². The summed E-state index contributed by atoms with van der Waals surface area (Å²) in [6.07, 6.45) is 0.854. The third-order valence-corrected chi connectivity index (χ3v) is 2.26. The van der Waals surface area contributed by atoms with Crippen LogP contribution in [0.5, 0.6) is 0 Å². The quantitative estimate of drug-likeness (QED) is 0.456. The number of nitrogens with two attached hydrogens (primary N) is 1. The third-order valence-electron chi connectivity index (χ3n) is 1.49. The van der Waals surface area contributed by atoms with Crippen molar-refractivity contribution < 1.29 is 0 Å². The highest BCUT2D eigenvalue weighted by molar-refractivity contribution is 7.80. The summed E-state index contributed by atoms with van der Waals surface area (Å²) in [5.41, 5.74) is 9.94. The van der Waals surface area contributed by atoms with Gasteiger partial charge < -0.3 is 5.73 Å². The lowest BCUT2D eigenvalue weighted by molar-refractivity contribution is 1.01. The number of rotatable bonds is 3. The summed E-state index contributed by atoms with van der Waals surface area (Å²) in [6, 6.07) is 2.02. The Labute approximate surface area is 86.6 Å². The van der Waals surface area contributed by atoms with Crippen LogP contribution < -0.4 is 11.2 Å². The van der Waals surface area contributed by atoms with E-state index in [0.717, 1.165) is 17.7 Å². The maximum atomic E-state index is 5.26. The van der Waals surface area contributed by atoms with Crippen molar-refractivity contribution in [1.82, 2.24) is 5.43 Å². The molecule has 3 nitrogen and oxygen atoms in total. The Hall–Kier alpha value is -0.940. The number of hydrazone groups is 1. The van der Waals surface area contributed by atoms with Crippen LogP contribution in [0.4, 0.5) is 0 Å². The van der Waals surface area contributed by atoms with E-state index < -0.39 is 0 Å². The van der Waals surface area contributed by atoms with Gasteiger partial charge in [0.15, 0.2) is 5.11 Å². The molecule has 0 bridgehead atoms. The van der Waals surface area contributed by atoms with Gasteiger partial charge in [-0.3, -0.25) is 5.43 Å². The predicted molar refractivity (Wildman–Crippen MR) is 61.1 cm³/mol. The second-order valence-electron chi connectivity index (χ2n) is 2.40. The zero-order valence-electron chi connectivity index (χ0n) is 7.28. The van der Waals surface area contributed by atoms with E-state index in [2.05, 4.69) is 22.7 Å². The molecule has 0 aliphatic rings. The molecule has 3 N–H and O–H groups in total. The summed E-state index contributed by atoms with van der Waals surface area (Å²) in [5.74, 6) is 0.